The summed E-state index contributed by atoms with van der Waals surface area (Å²) < 4.78 is 4.82. The molecule has 6 nitrogen and oxygen atoms in total. The predicted molar refractivity (Wildman–Crippen MR) is 74.5 cm³/mol. The van der Waals surface area contributed by atoms with Crippen molar-refractivity contribution in [3.05, 3.63) is 0 Å². The van der Waals surface area contributed by atoms with Gasteiger partial charge in [-0.15, -0.1) is 0 Å². The summed E-state index contributed by atoms with van der Waals surface area (Å²) in [7, 11) is 1.58. The maximum absolute atomic E-state index is 11.8. The van der Waals surface area contributed by atoms with E-state index in [4.69, 9.17) is 10.5 Å². The van der Waals surface area contributed by atoms with E-state index in [-0.39, 0.29) is 24.2 Å². The van der Waals surface area contributed by atoms with Crippen LogP contribution in [0.3, 0.4) is 0 Å². The molecule has 0 aliphatic carbocycles. The van der Waals surface area contributed by atoms with Crippen molar-refractivity contribution < 1.29 is 14.3 Å². The summed E-state index contributed by atoms with van der Waals surface area (Å²) in [6.45, 7) is 5.76. The van der Waals surface area contributed by atoms with Crippen LogP contribution in [0.5, 0.6) is 0 Å². The zero-order valence-corrected chi connectivity index (χ0v) is 12.2. The van der Waals surface area contributed by atoms with Gasteiger partial charge in [-0.1, -0.05) is 13.8 Å². The third-order valence-corrected chi connectivity index (χ3v) is 2.69. The quantitative estimate of drug-likeness (QED) is 0.484. The maximum Gasteiger partial charge on any atom is 0.224 e. The van der Waals surface area contributed by atoms with Gasteiger partial charge in [-0.05, 0) is 12.3 Å². The Labute approximate surface area is 115 Å². The van der Waals surface area contributed by atoms with Gasteiger partial charge in [0.2, 0.25) is 11.8 Å². The summed E-state index contributed by atoms with van der Waals surface area (Å²) in [5, 5.41) is 5.44. The Morgan fingerprint density at radius 2 is 1.89 bits per heavy atom. The topological polar surface area (TPSA) is 93.5 Å². The van der Waals surface area contributed by atoms with Gasteiger partial charge in [0.1, 0.15) is 0 Å². The minimum absolute atomic E-state index is 0.0686. The molecule has 0 aliphatic heterocycles. The molecule has 0 bridgehead atoms. The summed E-state index contributed by atoms with van der Waals surface area (Å²) in [4.78, 5) is 23.2. The van der Waals surface area contributed by atoms with Crippen molar-refractivity contribution in [3.63, 3.8) is 0 Å². The standard InChI is InChI=1S/C13H27N3O3/c1-10(2)8-11(9-14)13(18)16-5-4-12(17)15-6-7-19-3/h10-11H,4-9,14H2,1-3H3,(H,15,17)(H,16,18). The summed E-state index contributed by atoms with van der Waals surface area (Å²) in [6, 6.07) is 0. The smallest absolute Gasteiger partial charge is 0.224 e. The van der Waals surface area contributed by atoms with Crippen molar-refractivity contribution in [2.24, 2.45) is 17.6 Å². The molecule has 0 saturated carbocycles. The van der Waals surface area contributed by atoms with E-state index in [0.717, 1.165) is 6.42 Å². The van der Waals surface area contributed by atoms with Gasteiger partial charge in [-0.25, -0.2) is 0 Å². The number of methoxy groups -OCH3 is 1. The van der Waals surface area contributed by atoms with Gasteiger partial charge in [0.15, 0.2) is 0 Å². The molecule has 0 aromatic rings. The molecule has 4 N–H and O–H groups in total. The monoisotopic (exact) mass is 273 g/mol. The summed E-state index contributed by atoms with van der Waals surface area (Å²) in [5.41, 5.74) is 5.58. The number of amides is 2. The number of nitrogens with one attached hydrogen (secondary N) is 2. The van der Waals surface area contributed by atoms with Crippen LogP contribution in [-0.4, -0.2) is 45.2 Å². The average molecular weight is 273 g/mol. The molecular weight excluding hydrogens is 246 g/mol. The second kappa shape index (κ2) is 10.8. The lowest BCUT2D eigenvalue weighted by molar-refractivity contribution is -0.125. The first-order chi connectivity index (χ1) is 9.01. The summed E-state index contributed by atoms with van der Waals surface area (Å²) in [5.74, 6) is 0.0968. The average Bonchev–Trinajstić information content (AvgIpc) is 2.35. The molecule has 19 heavy (non-hydrogen) atoms. The van der Waals surface area contributed by atoms with E-state index in [9.17, 15) is 9.59 Å². The number of carbonyl (C=O) groups excluding carboxylic acids is 2. The fraction of sp³-hybridized carbons (Fsp3) is 0.846. The SMILES string of the molecule is COCCNC(=O)CCNC(=O)C(CN)CC(C)C. The molecular formula is C13H27N3O3. The van der Waals surface area contributed by atoms with Gasteiger partial charge in [0.05, 0.1) is 12.5 Å². The largest absolute Gasteiger partial charge is 0.383 e. The lowest BCUT2D eigenvalue weighted by Gasteiger charge is -2.16. The minimum atomic E-state index is -0.170. The number of ether oxygens (including phenoxy) is 1. The second-order valence-corrected chi connectivity index (χ2v) is 4.95. The van der Waals surface area contributed by atoms with E-state index in [2.05, 4.69) is 24.5 Å². The van der Waals surface area contributed by atoms with Crippen molar-refractivity contribution in [3.8, 4) is 0 Å². The summed E-state index contributed by atoms with van der Waals surface area (Å²) >= 11 is 0. The van der Waals surface area contributed by atoms with E-state index in [1.165, 1.54) is 0 Å². The molecule has 1 atom stereocenters. The molecule has 0 heterocycles. The highest BCUT2D eigenvalue weighted by molar-refractivity contribution is 5.80. The highest BCUT2D eigenvalue weighted by Crippen LogP contribution is 2.10. The molecule has 0 aromatic carbocycles. The molecule has 0 rings (SSSR count). The number of carbonyl (C=O) groups is 2. The molecule has 2 amide bonds. The summed E-state index contributed by atoms with van der Waals surface area (Å²) in [6.07, 6.45) is 1.04. The first-order valence-corrected chi connectivity index (χ1v) is 6.74. The van der Waals surface area contributed by atoms with Crippen LogP contribution in [0.15, 0.2) is 0 Å². The number of rotatable bonds is 10. The number of hydrogen-bond donors (Lipinski definition) is 3. The maximum atomic E-state index is 11.8. The molecule has 0 saturated heterocycles. The van der Waals surface area contributed by atoms with Crippen LogP contribution in [-0.2, 0) is 14.3 Å². The van der Waals surface area contributed by atoms with Crippen LogP contribution in [0.1, 0.15) is 26.7 Å². The normalized spacial score (nSPS) is 12.3. The molecule has 0 aromatic heterocycles. The Morgan fingerprint density at radius 1 is 1.21 bits per heavy atom. The van der Waals surface area contributed by atoms with Gasteiger partial charge in [-0.2, -0.15) is 0 Å². The van der Waals surface area contributed by atoms with E-state index >= 15 is 0 Å². The van der Waals surface area contributed by atoms with E-state index < -0.39 is 0 Å². The van der Waals surface area contributed by atoms with Crippen molar-refractivity contribution in [1.82, 2.24) is 10.6 Å². The highest BCUT2D eigenvalue weighted by Gasteiger charge is 2.17. The van der Waals surface area contributed by atoms with Crippen molar-refractivity contribution >= 4 is 11.8 Å². The van der Waals surface area contributed by atoms with Gasteiger partial charge in [0.25, 0.3) is 0 Å². The van der Waals surface area contributed by atoms with Crippen molar-refractivity contribution in [1.29, 1.82) is 0 Å². The third kappa shape index (κ3) is 9.44. The Hall–Kier alpha value is -1.14. The number of hydrogen-bond acceptors (Lipinski definition) is 4. The fourth-order valence-corrected chi connectivity index (χ4v) is 1.70. The fourth-order valence-electron chi connectivity index (χ4n) is 1.70. The molecule has 0 aliphatic rings. The molecule has 6 heteroatoms. The van der Waals surface area contributed by atoms with Crippen LogP contribution in [0.25, 0.3) is 0 Å². The zero-order chi connectivity index (χ0) is 14.7. The Morgan fingerprint density at radius 3 is 2.42 bits per heavy atom. The van der Waals surface area contributed by atoms with Crippen molar-refractivity contribution in [2.75, 3.05) is 33.4 Å². The molecule has 112 valence electrons. The highest BCUT2D eigenvalue weighted by atomic mass is 16.5. The van der Waals surface area contributed by atoms with E-state index in [0.29, 0.717) is 32.2 Å². The molecule has 0 spiro atoms. The zero-order valence-electron chi connectivity index (χ0n) is 12.2. The van der Waals surface area contributed by atoms with E-state index in [1.807, 2.05) is 0 Å². The van der Waals surface area contributed by atoms with Gasteiger partial charge in [-0.3, -0.25) is 9.59 Å². The first kappa shape index (κ1) is 17.9. The Bertz CT molecular complexity index is 270. The lowest BCUT2D eigenvalue weighted by atomic mass is 9.96. The Balaban J connectivity index is 3.79. The third-order valence-electron chi connectivity index (χ3n) is 2.69. The van der Waals surface area contributed by atoms with Crippen LogP contribution < -0.4 is 16.4 Å². The van der Waals surface area contributed by atoms with Gasteiger partial charge < -0.3 is 21.1 Å². The minimum Gasteiger partial charge on any atom is -0.383 e. The Kier molecular flexibility index (Phi) is 10.1. The lowest BCUT2D eigenvalue weighted by Crippen LogP contribution is -2.38. The van der Waals surface area contributed by atoms with Crippen LogP contribution >= 0.6 is 0 Å². The van der Waals surface area contributed by atoms with Crippen LogP contribution in [0.2, 0.25) is 0 Å². The van der Waals surface area contributed by atoms with E-state index in [1.54, 1.807) is 7.11 Å². The van der Waals surface area contributed by atoms with Crippen LogP contribution in [0, 0.1) is 11.8 Å². The second-order valence-electron chi connectivity index (χ2n) is 4.95. The molecule has 0 radical (unpaired) electrons. The van der Waals surface area contributed by atoms with Crippen molar-refractivity contribution in [2.45, 2.75) is 26.7 Å². The first-order valence-electron chi connectivity index (χ1n) is 6.74. The number of nitrogens with two attached hydrogens (primary N) is 1. The van der Waals surface area contributed by atoms with Crippen LogP contribution in [0.4, 0.5) is 0 Å². The van der Waals surface area contributed by atoms with Gasteiger partial charge in [0, 0.05) is 33.2 Å². The van der Waals surface area contributed by atoms with Gasteiger partial charge >= 0.3 is 0 Å². The molecule has 0 fully saturated rings. The molecule has 1 unspecified atom stereocenters. The predicted octanol–water partition coefficient (Wildman–Crippen LogP) is -0.124.